The number of hydrogen-bond donors (Lipinski definition) is 2. The van der Waals surface area contributed by atoms with E-state index in [-0.39, 0.29) is 11.9 Å². The Morgan fingerprint density at radius 3 is 2.84 bits per heavy atom. The molecule has 0 aliphatic rings. The quantitative estimate of drug-likeness (QED) is 0.840. The lowest BCUT2D eigenvalue weighted by molar-refractivity contribution is 0.0931. The molecule has 0 spiro atoms. The first-order chi connectivity index (χ1) is 8.97. The van der Waals surface area contributed by atoms with Crippen LogP contribution in [0.25, 0.3) is 0 Å². The summed E-state index contributed by atoms with van der Waals surface area (Å²) in [5.74, 6) is 0.999. The summed E-state index contributed by atoms with van der Waals surface area (Å²) in [7, 11) is 0. The van der Waals surface area contributed by atoms with Gasteiger partial charge in [-0.15, -0.1) is 12.6 Å². The van der Waals surface area contributed by atoms with Crippen molar-refractivity contribution in [1.82, 2.24) is 10.3 Å². The molecule has 0 radical (unpaired) electrons. The molecular weight excluding hydrogens is 328 g/mol. The van der Waals surface area contributed by atoms with E-state index in [2.05, 4.69) is 38.9 Å². The molecular formula is C13H13BrN2O2S. The first-order valence-electron chi connectivity index (χ1n) is 5.69. The average Bonchev–Trinajstić information content (AvgIpc) is 2.75. The number of benzene rings is 1. The van der Waals surface area contributed by atoms with Crippen molar-refractivity contribution in [3.63, 3.8) is 0 Å². The molecule has 2 aromatic rings. The summed E-state index contributed by atoms with van der Waals surface area (Å²) >= 11 is 7.62. The second-order valence-electron chi connectivity index (χ2n) is 4.17. The maximum Gasteiger partial charge on any atom is 0.253 e. The van der Waals surface area contributed by atoms with Gasteiger partial charge in [-0.25, -0.2) is 4.98 Å². The zero-order valence-corrected chi connectivity index (χ0v) is 13.0. The maximum atomic E-state index is 12.1. The third-order valence-corrected chi connectivity index (χ3v) is 3.42. The molecule has 4 nitrogen and oxygen atoms in total. The van der Waals surface area contributed by atoms with Crippen LogP contribution in [0.15, 0.2) is 38.2 Å². The summed E-state index contributed by atoms with van der Waals surface area (Å²) in [6, 6.07) is 5.00. The zero-order valence-electron chi connectivity index (χ0n) is 10.5. The fourth-order valence-electron chi connectivity index (χ4n) is 1.61. The van der Waals surface area contributed by atoms with E-state index in [9.17, 15) is 4.79 Å². The molecule has 0 bridgehead atoms. The minimum Gasteiger partial charge on any atom is -0.444 e. The highest BCUT2D eigenvalue weighted by Gasteiger charge is 2.17. The number of carbonyl (C=O) groups excluding carboxylic acids is 1. The summed E-state index contributed by atoms with van der Waals surface area (Å²) in [6.07, 6.45) is 1.63. The number of thiol groups is 1. The second-order valence-corrected chi connectivity index (χ2v) is 5.56. The molecule has 0 saturated heterocycles. The largest absolute Gasteiger partial charge is 0.444 e. The smallest absolute Gasteiger partial charge is 0.253 e. The van der Waals surface area contributed by atoms with E-state index in [0.717, 1.165) is 10.2 Å². The van der Waals surface area contributed by atoms with Crippen molar-refractivity contribution in [2.24, 2.45) is 0 Å². The highest BCUT2D eigenvalue weighted by molar-refractivity contribution is 9.10. The predicted octanol–water partition coefficient (Wildman–Crippen LogP) is 3.53. The van der Waals surface area contributed by atoms with Crippen molar-refractivity contribution in [3.8, 4) is 0 Å². The van der Waals surface area contributed by atoms with Gasteiger partial charge in [0, 0.05) is 9.37 Å². The van der Waals surface area contributed by atoms with Crippen LogP contribution in [0.2, 0.25) is 0 Å². The Balaban J connectivity index is 2.12. The molecule has 2 rings (SSSR count). The first-order valence-corrected chi connectivity index (χ1v) is 6.93. The van der Waals surface area contributed by atoms with Crippen molar-refractivity contribution in [2.75, 3.05) is 0 Å². The topological polar surface area (TPSA) is 55.1 Å². The number of amides is 1. The minimum atomic E-state index is -0.294. The number of aromatic nitrogens is 1. The SMILES string of the molecule is Cc1cnc(C(C)NC(=O)c2ccc(Br)cc2S)o1. The number of carbonyl (C=O) groups is 1. The Morgan fingerprint density at radius 1 is 1.53 bits per heavy atom. The number of oxazole rings is 1. The van der Waals surface area contributed by atoms with Gasteiger partial charge in [-0.2, -0.15) is 0 Å². The normalized spacial score (nSPS) is 12.2. The van der Waals surface area contributed by atoms with Crippen LogP contribution in [0.5, 0.6) is 0 Å². The lowest BCUT2D eigenvalue weighted by Crippen LogP contribution is -2.27. The van der Waals surface area contributed by atoms with Gasteiger partial charge < -0.3 is 9.73 Å². The number of aryl methyl sites for hydroxylation is 1. The number of rotatable bonds is 3. The van der Waals surface area contributed by atoms with E-state index in [1.165, 1.54) is 0 Å². The van der Waals surface area contributed by atoms with Crippen LogP contribution in [-0.4, -0.2) is 10.9 Å². The van der Waals surface area contributed by atoms with Crippen LogP contribution in [0.3, 0.4) is 0 Å². The van der Waals surface area contributed by atoms with E-state index in [1.54, 1.807) is 24.4 Å². The molecule has 1 atom stereocenters. The molecule has 1 aromatic heterocycles. The number of hydrogen-bond acceptors (Lipinski definition) is 4. The average molecular weight is 341 g/mol. The monoisotopic (exact) mass is 340 g/mol. The fraction of sp³-hybridized carbons (Fsp3) is 0.231. The molecule has 1 heterocycles. The van der Waals surface area contributed by atoms with Gasteiger partial charge in [-0.1, -0.05) is 15.9 Å². The summed E-state index contributed by atoms with van der Waals surface area (Å²) in [5.41, 5.74) is 0.515. The highest BCUT2D eigenvalue weighted by Crippen LogP contribution is 2.21. The summed E-state index contributed by atoms with van der Waals surface area (Å²) < 4.78 is 6.26. The van der Waals surface area contributed by atoms with Gasteiger partial charge in [0.15, 0.2) is 0 Å². The van der Waals surface area contributed by atoms with Crippen LogP contribution in [-0.2, 0) is 0 Å². The number of nitrogens with zero attached hydrogens (tertiary/aromatic N) is 1. The molecule has 0 saturated carbocycles. The van der Waals surface area contributed by atoms with Gasteiger partial charge >= 0.3 is 0 Å². The van der Waals surface area contributed by atoms with Gasteiger partial charge in [0.25, 0.3) is 5.91 Å². The molecule has 1 amide bonds. The summed E-state index contributed by atoms with van der Waals surface area (Å²) in [5, 5.41) is 2.83. The van der Waals surface area contributed by atoms with Crippen molar-refractivity contribution < 1.29 is 9.21 Å². The molecule has 0 fully saturated rings. The molecule has 0 aliphatic heterocycles. The van der Waals surface area contributed by atoms with E-state index in [4.69, 9.17) is 4.42 Å². The van der Waals surface area contributed by atoms with Crippen molar-refractivity contribution in [3.05, 3.63) is 46.1 Å². The Morgan fingerprint density at radius 2 is 2.26 bits per heavy atom. The first kappa shape index (κ1) is 14.1. The molecule has 1 unspecified atom stereocenters. The van der Waals surface area contributed by atoms with Gasteiger partial charge in [0.1, 0.15) is 11.8 Å². The van der Waals surface area contributed by atoms with Crippen LogP contribution in [0.4, 0.5) is 0 Å². The minimum absolute atomic E-state index is 0.208. The molecule has 0 aliphatic carbocycles. The number of halogens is 1. The maximum absolute atomic E-state index is 12.1. The third-order valence-electron chi connectivity index (χ3n) is 2.56. The lowest BCUT2D eigenvalue weighted by Gasteiger charge is -2.11. The molecule has 100 valence electrons. The number of nitrogens with one attached hydrogen (secondary N) is 1. The summed E-state index contributed by atoms with van der Waals surface area (Å²) in [4.78, 5) is 16.8. The second kappa shape index (κ2) is 5.79. The predicted molar refractivity (Wildman–Crippen MR) is 78.5 cm³/mol. The van der Waals surface area contributed by atoms with Gasteiger partial charge in [-0.05, 0) is 32.0 Å². The fourth-order valence-corrected chi connectivity index (χ4v) is 2.46. The Bertz CT molecular complexity index is 612. The van der Waals surface area contributed by atoms with Crippen molar-refractivity contribution in [2.45, 2.75) is 24.8 Å². The van der Waals surface area contributed by atoms with Gasteiger partial charge in [-0.3, -0.25) is 4.79 Å². The van der Waals surface area contributed by atoms with Crippen molar-refractivity contribution >= 4 is 34.5 Å². The van der Waals surface area contributed by atoms with Gasteiger partial charge in [0.05, 0.1) is 11.8 Å². The van der Waals surface area contributed by atoms with E-state index in [0.29, 0.717) is 16.3 Å². The third kappa shape index (κ3) is 3.39. The summed E-state index contributed by atoms with van der Waals surface area (Å²) in [6.45, 7) is 3.63. The lowest BCUT2D eigenvalue weighted by atomic mass is 10.2. The molecule has 6 heteroatoms. The van der Waals surface area contributed by atoms with Crippen LogP contribution >= 0.6 is 28.6 Å². The van der Waals surface area contributed by atoms with Crippen LogP contribution in [0.1, 0.15) is 35.0 Å². The van der Waals surface area contributed by atoms with E-state index >= 15 is 0 Å². The molecule has 19 heavy (non-hydrogen) atoms. The Kier molecular flexibility index (Phi) is 4.31. The highest BCUT2D eigenvalue weighted by atomic mass is 79.9. The molecule has 1 aromatic carbocycles. The van der Waals surface area contributed by atoms with Crippen molar-refractivity contribution in [1.29, 1.82) is 0 Å². The van der Waals surface area contributed by atoms with Gasteiger partial charge in [0.2, 0.25) is 5.89 Å². The van der Waals surface area contributed by atoms with Crippen LogP contribution in [0, 0.1) is 6.92 Å². The Labute approximate surface area is 125 Å². The van der Waals surface area contributed by atoms with E-state index in [1.807, 2.05) is 13.8 Å². The Hall–Kier alpha value is -1.27. The standard InChI is InChI=1S/C13H13BrN2O2S/c1-7-6-15-13(18-7)8(2)16-12(17)10-4-3-9(14)5-11(10)19/h3-6,8,19H,1-2H3,(H,16,17). The molecule has 1 N–H and O–H groups in total. The zero-order chi connectivity index (χ0) is 14.0. The van der Waals surface area contributed by atoms with Crippen LogP contribution < -0.4 is 5.32 Å². The van der Waals surface area contributed by atoms with E-state index < -0.39 is 0 Å².